The Morgan fingerprint density at radius 3 is 2.80 bits per heavy atom. The molecule has 86 valence electrons. The quantitative estimate of drug-likeness (QED) is 0.751. The van der Waals surface area contributed by atoms with E-state index in [1.165, 1.54) is 5.56 Å². The summed E-state index contributed by atoms with van der Waals surface area (Å²) < 4.78 is 2.15. The lowest BCUT2D eigenvalue weighted by molar-refractivity contribution is 0.223. The van der Waals surface area contributed by atoms with Crippen LogP contribution in [0.25, 0.3) is 0 Å². The van der Waals surface area contributed by atoms with Crippen LogP contribution in [0.1, 0.15) is 31.9 Å². The molecule has 0 bridgehead atoms. The summed E-state index contributed by atoms with van der Waals surface area (Å²) in [5, 5.41) is 12.3. The molecule has 0 fully saturated rings. The minimum atomic E-state index is 0.247. The Hall–Kier alpha value is -0.800. The van der Waals surface area contributed by atoms with Crippen molar-refractivity contribution >= 4 is 0 Å². The van der Waals surface area contributed by atoms with Crippen molar-refractivity contribution in [3.05, 3.63) is 24.0 Å². The van der Waals surface area contributed by atoms with Crippen molar-refractivity contribution in [2.45, 2.75) is 32.9 Å². The van der Waals surface area contributed by atoms with E-state index >= 15 is 0 Å². The predicted octanol–water partition coefficient (Wildman–Crippen LogP) is 1.79. The fourth-order valence-corrected chi connectivity index (χ4v) is 1.80. The number of hydrogen-bond acceptors (Lipinski definition) is 2. The van der Waals surface area contributed by atoms with E-state index in [2.05, 4.69) is 42.2 Å². The van der Waals surface area contributed by atoms with Crippen LogP contribution in [0, 0.1) is 5.92 Å². The standard InChI is InChI=1S/C12H22N2O/c1-4-12(13-3)11-5-6-14(8-11)7-10(2)9-15/h5-6,8,10,12-13,15H,4,7,9H2,1-3H3. The molecule has 2 unspecified atom stereocenters. The third-order valence-corrected chi connectivity index (χ3v) is 2.77. The first-order valence-corrected chi connectivity index (χ1v) is 5.65. The zero-order chi connectivity index (χ0) is 11.3. The zero-order valence-corrected chi connectivity index (χ0v) is 9.90. The maximum absolute atomic E-state index is 8.98. The Labute approximate surface area is 92.1 Å². The molecule has 2 atom stereocenters. The fraction of sp³-hybridized carbons (Fsp3) is 0.667. The second-order valence-corrected chi connectivity index (χ2v) is 4.18. The molecule has 15 heavy (non-hydrogen) atoms. The highest BCUT2D eigenvalue weighted by Crippen LogP contribution is 2.16. The molecule has 2 N–H and O–H groups in total. The van der Waals surface area contributed by atoms with Crippen molar-refractivity contribution in [3.8, 4) is 0 Å². The van der Waals surface area contributed by atoms with E-state index in [0.717, 1.165) is 13.0 Å². The normalized spacial score (nSPS) is 15.2. The summed E-state index contributed by atoms with van der Waals surface area (Å²) in [4.78, 5) is 0. The number of aliphatic hydroxyl groups excluding tert-OH is 1. The third kappa shape index (κ3) is 3.36. The molecule has 0 saturated carbocycles. The Kier molecular flexibility index (Phi) is 4.85. The number of nitrogens with one attached hydrogen (secondary N) is 1. The largest absolute Gasteiger partial charge is 0.396 e. The molecular weight excluding hydrogens is 188 g/mol. The Morgan fingerprint density at radius 1 is 1.53 bits per heavy atom. The van der Waals surface area contributed by atoms with Gasteiger partial charge in [-0.1, -0.05) is 13.8 Å². The van der Waals surface area contributed by atoms with Gasteiger partial charge in [0.15, 0.2) is 0 Å². The van der Waals surface area contributed by atoms with E-state index < -0.39 is 0 Å². The number of nitrogens with zero attached hydrogens (tertiary/aromatic N) is 1. The summed E-state index contributed by atoms with van der Waals surface area (Å²) in [7, 11) is 1.99. The Bertz CT molecular complexity index is 279. The predicted molar refractivity (Wildman–Crippen MR) is 62.8 cm³/mol. The topological polar surface area (TPSA) is 37.2 Å². The van der Waals surface area contributed by atoms with Crippen LogP contribution in [0.15, 0.2) is 18.5 Å². The van der Waals surface area contributed by atoms with Gasteiger partial charge in [-0.3, -0.25) is 0 Å². The zero-order valence-electron chi connectivity index (χ0n) is 9.90. The molecule has 0 aliphatic heterocycles. The van der Waals surface area contributed by atoms with Crippen molar-refractivity contribution in [1.82, 2.24) is 9.88 Å². The van der Waals surface area contributed by atoms with Gasteiger partial charge in [0.25, 0.3) is 0 Å². The van der Waals surface area contributed by atoms with Gasteiger partial charge in [0.1, 0.15) is 0 Å². The third-order valence-electron chi connectivity index (χ3n) is 2.77. The summed E-state index contributed by atoms with van der Waals surface area (Å²) in [5.41, 5.74) is 1.32. The monoisotopic (exact) mass is 210 g/mol. The average molecular weight is 210 g/mol. The van der Waals surface area contributed by atoms with Crippen LogP contribution in [-0.2, 0) is 6.54 Å². The first-order valence-electron chi connectivity index (χ1n) is 5.65. The lowest BCUT2D eigenvalue weighted by Crippen LogP contribution is -2.15. The first-order chi connectivity index (χ1) is 7.21. The molecular formula is C12H22N2O. The van der Waals surface area contributed by atoms with Gasteiger partial charge >= 0.3 is 0 Å². The summed E-state index contributed by atoms with van der Waals surface area (Å²) in [6.45, 7) is 5.36. The SMILES string of the molecule is CCC(NC)c1ccn(CC(C)CO)c1. The molecule has 0 aliphatic rings. The minimum absolute atomic E-state index is 0.247. The van der Waals surface area contributed by atoms with E-state index in [-0.39, 0.29) is 6.61 Å². The van der Waals surface area contributed by atoms with Crippen LogP contribution in [-0.4, -0.2) is 23.3 Å². The van der Waals surface area contributed by atoms with E-state index in [1.807, 2.05) is 7.05 Å². The van der Waals surface area contributed by atoms with E-state index in [1.54, 1.807) is 0 Å². The van der Waals surface area contributed by atoms with Gasteiger partial charge in [-0.2, -0.15) is 0 Å². The second kappa shape index (κ2) is 5.93. The number of aliphatic hydroxyl groups is 1. The smallest absolute Gasteiger partial charge is 0.0473 e. The lowest BCUT2D eigenvalue weighted by atomic mass is 10.1. The fourth-order valence-electron chi connectivity index (χ4n) is 1.80. The molecule has 0 amide bonds. The second-order valence-electron chi connectivity index (χ2n) is 4.18. The van der Waals surface area contributed by atoms with E-state index in [0.29, 0.717) is 12.0 Å². The Morgan fingerprint density at radius 2 is 2.27 bits per heavy atom. The first kappa shape index (κ1) is 12.3. The van der Waals surface area contributed by atoms with Gasteiger partial charge in [0, 0.05) is 31.6 Å². The van der Waals surface area contributed by atoms with Gasteiger partial charge in [-0.25, -0.2) is 0 Å². The minimum Gasteiger partial charge on any atom is -0.396 e. The van der Waals surface area contributed by atoms with Gasteiger partial charge < -0.3 is 15.0 Å². The molecule has 1 aromatic rings. The van der Waals surface area contributed by atoms with Gasteiger partial charge in [0.2, 0.25) is 0 Å². The molecule has 0 aromatic carbocycles. The molecule has 1 aromatic heterocycles. The highest BCUT2D eigenvalue weighted by Gasteiger charge is 2.08. The summed E-state index contributed by atoms with van der Waals surface area (Å²) >= 11 is 0. The lowest BCUT2D eigenvalue weighted by Gasteiger charge is -2.12. The highest BCUT2D eigenvalue weighted by molar-refractivity contribution is 5.15. The van der Waals surface area contributed by atoms with Crippen molar-refractivity contribution in [2.75, 3.05) is 13.7 Å². The van der Waals surface area contributed by atoms with Gasteiger partial charge in [-0.05, 0) is 31.0 Å². The molecule has 0 aliphatic carbocycles. The van der Waals surface area contributed by atoms with Crippen LogP contribution in [0.3, 0.4) is 0 Å². The molecule has 1 rings (SSSR count). The van der Waals surface area contributed by atoms with Crippen LogP contribution >= 0.6 is 0 Å². The number of rotatable bonds is 6. The highest BCUT2D eigenvalue weighted by atomic mass is 16.3. The van der Waals surface area contributed by atoms with Crippen LogP contribution in [0.2, 0.25) is 0 Å². The molecule has 0 saturated heterocycles. The van der Waals surface area contributed by atoms with Crippen LogP contribution in [0.5, 0.6) is 0 Å². The molecule has 3 nitrogen and oxygen atoms in total. The van der Waals surface area contributed by atoms with E-state index in [4.69, 9.17) is 5.11 Å². The number of hydrogen-bond donors (Lipinski definition) is 2. The van der Waals surface area contributed by atoms with Crippen LogP contribution < -0.4 is 5.32 Å². The van der Waals surface area contributed by atoms with Crippen molar-refractivity contribution < 1.29 is 5.11 Å². The average Bonchev–Trinajstić information content (AvgIpc) is 2.68. The maximum atomic E-state index is 8.98. The summed E-state index contributed by atoms with van der Waals surface area (Å²) in [5.74, 6) is 0.319. The maximum Gasteiger partial charge on any atom is 0.0473 e. The van der Waals surface area contributed by atoms with Crippen LogP contribution in [0.4, 0.5) is 0 Å². The summed E-state index contributed by atoms with van der Waals surface area (Å²) in [6, 6.07) is 2.59. The molecule has 3 heteroatoms. The van der Waals surface area contributed by atoms with E-state index in [9.17, 15) is 0 Å². The van der Waals surface area contributed by atoms with Crippen molar-refractivity contribution in [2.24, 2.45) is 5.92 Å². The molecule has 1 heterocycles. The summed E-state index contributed by atoms with van der Waals surface area (Å²) in [6.07, 6.45) is 5.34. The molecule has 0 radical (unpaired) electrons. The van der Waals surface area contributed by atoms with Crippen molar-refractivity contribution in [3.63, 3.8) is 0 Å². The Balaban J connectivity index is 2.63. The van der Waals surface area contributed by atoms with Crippen molar-refractivity contribution in [1.29, 1.82) is 0 Å². The molecule has 0 spiro atoms. The van der Waals surface area contributed by atoms with Gasteiger partial charge in [0.05, 0.1) is 0 Å². The number of aromatic nitrogens is 1. The van der Waals surface area contributed by atoms with Gasteiger partial charge in [-0.15, -0.1) is 0 Å².